The molecule has 23 heavy (non-hydrogen) atoms. The Balaban J connectivity index is 0.00000264. The lowest BCUT2D eigenvalue weighted by molar-refractivity contribution is -0.146. The summed E-state index contributed by atoms with van der Waals surface area (Å²) in [6.45, 7) is 4.66. The van der Waals surface area contributed by atoms with Crippen LogP contribution in [0.1, 0.15) is 17.5 Å². The van der Waals surface area contributed by atoms with Gasteiger partial charge < -0.3 is 14.4 Å². The van der Waals surface area contributed by atoms with Crippen LogP contribution in [0, 0.1) is 0 Å². The molecule has 0 atom stereocenters. The van der Waals surface area contributed by atoms with E-state index in [1.165, 1.54) is 0 Å². The van der Waals surface area contributed by atoms with Crippen LogP contribution in [0.5, 0.6) is 0 Å². The third-order valence-corrected chi connectivity index (χ3v) is 3.44. The van der Waals surface area contributed by atoms with Gasteiger partial charge in [0, 0.05) is 6.54 Å². The summed E-state index contributed by atoms with van der Waals surface area (Å²) in [6, 6.07) is 0. The number of hydrogen-bond acceptors (Lipinski definition) is 7. The van der Waals surface area contributed by atoms with E-state index in [-0.39, 0.29) is 24.1 Å². The SMILES string of the molecule is C=CCn1c(CNC)nnc1SCc1nc(C(F)(F)F)no1.Cl. The van der Waals surface area contributed by atoms with Crippen molar-refractivity contribution >= 4 is 24.2 Å². The first kappa shape index (κ1) is 19.5. The molecule has 0 bridgehead atoms. The zero-order valence-electron chi connectivity index (χ0n) is 12.0. The first-order chi connectivity index (χ1) is 10.5. The molecular weight excluding hydrogens is 357 g/mol. The van der Waals surface area contributed by atoms with Crippen LogP contribution in [0.2, 0.25) is 0 Å². The molecule has 0 amide bonds. The Morgan fingerprint density at radius 3 is 2.70 bits per heavy atom. The third-order valence-electron chi connectivity index (χ3n) is 2.49. The number of aromatic nitrogens is 5. The highest BCUT2D eigenvalue weighted by atomic mass is 35.5. The maximum absolute atomic E-state index is 12.4. The minimum absolute atomic E-state index is 0. The van der Waals surface area contributed by atoms with Crippen LogP contribution in [0.3, 0.4) is 0 Å². The smallest absolute Gasteiger partial charge is 0.338 e. The van der Waals surface area contributed by atoms with E-state index in [1.54, 1.807) is 17.7 Å². The van der Waals surface area contributed by atoms with E-state index in [0.717, 1.165) is 11.8 Å². The monoisotopic (exact) mass is 370 g/mol. The summed E-state index contributed by atoms with van der Waals surface area (Å²) in [5.74, 6) is -0.642. The van der Waals surface area contributed by atoms with Crippen molar-refractivity contribution in [1.82, 2.24) is 30.2 Å². The molecule has 12 heteroatoms. The van der Waals surface area contributed by atoms with Crippen molar-refractivity contribution in [2.24, 2.45) is 0 Å². The average molecular weight is 371 g/mol. The predicted octanol–water partition coefficient (Wildman–Crippen LogP) is 2.30. The molecular formula is C11H14ClF3N6OS. The van der Waals surface area contributed by atoms with E-state index in [0.29, 0.717) is 24.1 Å². The fourth-order valence-corrected chi connectivity index (χ4v) is 2.39. The summed E-state index contributed by atoms with van der Waals surface area (Å²) < 4.78 is 43.5. The fourth-order valence-electron chi connectivity index (χ4n) is 1.58. The average Bonchev–Trinajstić information content (AvgIpc) is 3.05. The van der Waals surface area contributed by atoms with Crippen LogP contribution in [0.15, 0.2) is 22.3 Å². The Labute approximate surface area is 140 Å². The van der Waals surface area contributed by atoms with Gasteiger partial charge in [0.25, 0.3) is 5.82 Å². The molecule has 7 nitrogen and oxygen atoms in total. The molecule has 0 saturated carbocycles. The summed E-state index contributed by atoms with van der Waals surface area (Å²) in [7, 11) is 1.77. The Bertz CT molecular complexity index is 644. The lowest BCUT2D eigenvalue weighted by Crippen LogP contribution is -2.12. The number of allylic oxidation sites excluding steroid dienone is 1. The van der Waals surface area contributed by atoms with E-state index in [4.69, 9.17) is 0 Å². The van der Waals surface area contributed by atoms with Gasteiger partial charge in [0.2, 0.25) is 5.89 Å². The zero-order valence-corrected chi connectivity index (χ0v) is 13.6. The maximum Gasteiger partial charge on any atom is 0.455 e. The van der Waals surface area contributed by atoms with Gasteiger partial charge in [-0.05, 0) is 7.05 Å². The van der Waals surface area contributed by atoms with Crippen molar-refractivity contribution in [3.05, 3.63) is 30.2 Å². The topological polar surface area (TPSA) is 81.7 Å². The Morgan fingerprint density at radius 1 is 1.39 bits per heavy atom. The molecule has 0 saturated heterocycles. The summed E-state index contributed by atoms with van der Waals surface area (Å²) in [6.07, 6.45) is -2.93. The van der Waals surface area contributed by atoms with E-state index >= 15 is 0 Å². The molecule has 0 radical (unpaired) electrons. The summed E-state index contributed by atoms with van der Waals surface area (Å²) in [5.41, 5.74) is 0. The predicted molar refractivity (Wildman–Crippen MR) is 79.1 cm³/mol. The molecule has 0 unspecified atom stereocenters. The second kappa shape index (κ2) is 8.31. The van der Waals surface area contributed by atoms with Gasteiger partial charge in [-0.3, -0.25) is 0 Å². The highest BCUT2D eigenvalue weighted by Gasteiger charge is 2.37. The highest BCUT2D eigenvalue weighted by molar-refractivity contribution is 7.98. The number of alkyl halides is 3. The van der Waals surface area contributed by atoms with Crippen molar-refractivity contribution in [3.63, 3.8) is 0 Å². The van der Waals surface area contributed by atoms with Crippen LogP contribution in [-0.2, 0) is 25.0 Å². The summed E-state index contributed by atoms with van der Waals surface area (Å²) >= 11 is 1.16. The van der Waals surface area contributed by atoms with Gasteiger partial charge in [-0.2, -0.15) is 18.2 Å². The van der Waals surface area contributed by atoms with Gasteiger partial charge in [-0.15, -0.1) is 29.2 Å². The third kappa shape index (κ3) is 4.94. The molecule has 0 aromatic carbocycles. The molecule has 0 fully saturated rings. The first-order valence-corrected chi connectivity index (χ1v) is 7.14. The quantitative estimate of drug-likeness (QED) is 0.591. The van der Waals surface area contributed by atoms with E-state index < -0.39 is 12.0 Å². The molecule has 128 valence electrons. The van der Waals surface area contributed by atoms with Crippen molar-refractivity contribution in [2.75, 3.05) is 7.05 Å². The van der Waals surface area contributed by atoms with Crippen LogP contribution in [-0.4, -0.2) is 32.0 Å². The molecule has 0 aliphatic heterocycles. The van der Waals surface area contributed by atoms with Crippen molar-refractivity contribution in [2.45, 2.75) is 30.2 Å². The number of rotatable bonds is 7. The molecule has 2 aromatic heterocycles. The van der Waals surface area contributed by atoms with Gasteiger partial charge in [-0.25, -0.2) is 0 Å². The van der Waals surface area contributed by atoms with Crippen LogP contribution in [0.25, 0.3) is 0 Å². The fraction of sp³-hybridized carbons (Fsp3) is 0.455. The van der Waals surface area contributed by atoms with Gasteiger partial charge in [0.1, 0.15) is 5.82 Å². The van der Waals surface area contributed by atoms with E-state index in [9.17, 15) is 13.2 Å². The molecule has 0 aliphatic carbocycles. The highest BCUT2D eigenvalue weighted by Crippen LogP contribution is 2.28. The van der Waals surface area contributed by atoms with Crippen LogP contribution < -0.4 is 5.32 Å². The van der Waals surface area contributed by atoms with Crippen molar-refractivity contribution in [1.29, 1.82) is 0 Å². The largest absolute Gasteiger partial charge is 0.455 e. The zero-order chi connectivity index (χ0) is 16.2. The number of halogens is 4. The molecule has 0 spiro atoms. The summed E-state index contributed by atoms with van der Waals surface area (Å²) in [4.78, 5) is 3.30. The second-order valence-electron chi connectivity index (χ2n) is 4.13. The number of hydrogen-bond donors (Lipinski definition) is 1. The summed E-state index contributed by atoms with van der Waals surface area (Å²) in [5, 5.41) is 14.4. The number of thioether (sulfide) groups is 1. The van der Waals surface area contributed by atoms with Crippen LogP contribution >= 0.6 is 24.2 Å². The van der Waals surface area contributed by atoms with E-state index in [2.05, 4.69) is 36.8 Å². The minimum atomic E-state index is -4.62. The standard InChI is InChI=1S/C11H13F3N6OS.ClH/c1-3-4-20-7(5-15-2)17-18-10(20)22-6-8-16-9(19-21-8)11(12,13)14;/h3,15H,1,4-6H2,2H3;1H. The van der Waals surface area contributed by atoms with Gasteiger partial charge >= 0.3 is 6.18 Å². The van der Waals surface area contributed by atoms with Gasteiger partial charge in [0.05, 0.1) is 12.3 Å². The Kier molecular flexibility index (Phi) is 7.03. The van der Waals surface area contributed by atoms with E-state index in [1.807, 2.05) is 0 Å². The normalized spacial score (nSPS) is 11.3. The van der Waals surface area contributed by atoms with Crippen LogP contribution in [0.4, 0.5) is 13.2 Å². The second-order valence-corrected chi connectivity index (χ2v) is 5.07. The minimum Gasteiger partial charge on any atom is -0.338 e. The first-order valence-electron chi connectivity index (χ1n) is 6.16. The number of nitrogens with zero attached hydrogens (tertiary/aromatic N) is 5. The Hall–Kier alpha value is -1.59. The molecule has 2 heterocycles. The molecule has 1 N–H and O–H groups in total. The van der Waals surface area contributed by atoms with Crippen molar-refractivity contribution < 1.29 is 17.7 Å². The molecule has 2 aromatic rings. The Morgan fingerprint density at radius 2 is 2.13 bits per heavy atom. The van der Waals surface area contributed by atoms with Crippen molar-refractivity contribution in [3.8, 4) is 0 Å². The maximum atomic E-state index is 12.4. The lowest BCUT2D eigenvalue weighted by atomic mass is 10.5. The lowest BCUT2D eigenvalue weighted by Gasteiger charge is -2.06. The molecule has 0 aliphatic rings. The van der Waals surface area contributed by atoms with Gasteiger partial charge in [0.15, 0.2) is 5.16 Å². The molecule has 2 rings (SSSR count). The number of nitrogens with one attached hydrogen (secondary N) is 1. The van der Waals surface area contributed by atoms with Gasteiger partial charge in [-0.1, -0.05) is 23.0 Å².